The highest BCUT2D eigenvalue weighted by Gasteiger charge is 2.55. The van der Waals surface area contributed by atoms with Gasteiger partial charge in [-0.2, -0.15) is 5.26 Å². The first-order chi connectivity index (χ1) is 15.7. The SMILES string of the molecule is N#CC1CCNC(C(=O)NC23CCC(NC(=O)COc4ccc(Cl)c(F)c4)(CC2)C(O)C3)C1. The molecule has 2 amide bonds. The number of hydrogen-bond acceptors (Lipinski definition) is 6. The zero-order chi connectivity index (χ0) is 23.6. The molecule has 33 heavy (non-hydrogen) atoms. The van der Waals surface area contributed by atoms with Gasteiger partial charge in [0, 0.05) is 17.5 Å². The number of ether oxygens (including phenoxy) is 1. The lowest BCUT2D eigenvalue weighted by molar-refractivity contribution is -0.137. The second-order valence-corrected chi connectivity index (χ2v) is 9.82. The number of rotatable bonds is 6. The number of piperidine rings is 1. The zero-order valence-corrected chi connectivity index (χ0v) is 19.0. The Hall–Kier alpha value is -2.41. The zero-order valence-electron chi connectivity index (χ0n) is 18.2. The Bertz CT molecular complexity index is 960. The third-order valence-electron chi connectivity index (χ3n) is 7.26. The lowest BCUT2D eigenvalue weighted by Crippen LogP contribution is -2.71. The molecule has 2 bridgehead atoms. The summed E-state index contributed by atoms with van der Waals surface area (Å²) in [6.07, 6.45) is 3.06. The molecule has 1 heterocycles. The number of benzene rings is 1. The number of halogens is 2. The van der Waals surface area contributed by atoms with Gasteiger partial charge in [-0.1, -0.05) is 11.6 Å². The molecule has 4 aliphatic rings. The number of amides is 2. The van der Waals surface area contributed by atoms with E-state index < -0.39 is 34.9 Å². The van der Waals surface area contributed by atoms with Crippen LogP contribution in [0.15, 0.2) is 18.2 Å². The minimum absolute atomic E-state index is 0.0297. The van der Waals surface area contributed by atoms with E-state index in [0.29, 0.717) is 45.1 Å². The van der Waals surface area contributed by atoms with Crippen molar-refractivity contribution in [3.05, 3.63) is 29.0 Å². The Morgan fingerprint density at radius 3 is 2.73 bits per heavy atom. The molecule has 0 spiro atoms. The van der Waals surface area contributed by atoms with E-state index in [1.807, 2.05) is 0 Å². The van der Waals surface area contributed by atoms with E-state index in [2.05, 4.69) is 22.0 Å². The molecule has 1 aliphatic heterocycles. The third kappa shape index (κ3) is 5.08. The summed E-state index contributed by atoms with van der Waals surface area (Å²) in [6, 6.07) is 5.78. The van der Waals surface area contributed by atoms with Crippen molar-refractivity contribution >= 4 is 23.4 Å². The van der Waals surface area contributed by atoms with E-state index in [0.717, 1.165) is 12.5 Å². The van der Waals surface area contributed by atoms with Crippen LogP contribution in [0.5, 0.6) is 5.75 Å². The van der Waals surface area contributed by atoms with Crippen LogP contribution in [0.2, 0.25) is 5.02 Å². The maximum absolute atomic E-state index is 13.5. The maximum Gasteiger partial charge on any atom is 0.258 e. The van der Waals surface area contributed by atoms with Crippen LogP contribution in [0.25, 0.3) is 0 Å². The summed E-state index contributed by atoms with van der Waals surface area (Å²) in [6.45, 7) is 0.316. The molecule has 4 N–H and O–H groups in total. The first kappa shape index (κ1) is 23.7. The van der Waals surface area contributed by atoms with Crippen molar-refractivity contribution in [3.63, 3.8) is 0 Å². The molecule has 0 radical (unpaired) electrons. The summed E-state index contributed by atoms with van der Waals surface area (Å²) >= 11 is 5.65. The fraction of sp³-hybridized carbons (Fsp3) is 0.609. The van der Waals surface area contributed by atoms with Crippen molar-refractivity contribution in [1.29, 1.82) is 5.26 Å². The molecule has 8 nitrogen and oxygen atoms in total. The first-order valence-electron chi connectivity index (χ1n) is 11.3. The molecule has 1 aromatic rings. The number of nitrogens with one attached hydrogen (secondary N) is 3. The Morgan fingerprint density at radius 1 is 1.30 bits per heavy atom. The smallest absolute Gasteiger partial charge is 0.258 e. The van der Waals surface area contributed by atoms with Crippen LogP contribution < -0.4 is 20.7 Å². The summed E-state index contributed by atoms with van der Waals surface area (Å²) < 4.78 is 18.9. The van der Waals surface area contributed by atoms with Crippen molar-refractivity contribution in [2.45, 2.75) is 68.2 Å². The minimum Gasteiger partial charge on any atom is -0.484 e. The summed E-state index contributed by atoms with van der Waals surface area (Å²) in [4.78, 5) is 25.4. The van der Waals surface area contributed by atoms with Crippen LogP contribution in [0.4, 0.5) is 4.39 Å². The highest BCUT2D eigenvalue weighted by Crippen LogP contribution is 2.47. The van der Waals surface area contributed by atoms with Crippen molar-refractivity contribution in [3.8, 4) is 11.8 Å². The van der Waals surface area contributed by atoms with Crippen molar-refractivity contribution < 1.29 is 23.8 Å². The monoisotopic (exact) mass is 478 g/mol. The van der Waals surface area contributed by atoms with Crippen LogP contribution in [0, 0.1) is 23.1 Å². The molecule has 3 aliphatic carbocycles. The van der Waals surface area contributed by atoms with Crippen LogP contribution in [-0.4, -0.2) is 53.3 Å². The van der Waals surface area contributed by atoms with Crippen LogP contribution >= 0.6 is 11.6 Å². The van der Waals surface area contributed by atoms with Crippen molar-refractivity contribution in [1.82, 2.24) is 16.0 Å². The van der Waals surface area contributed by atoms with Gasteiger partial charge in [-0.25, -0.2) is 4.39 Å². The molecule has 1 aromatic carbocycles. The molecular formula is C23H28ClFN4O4. The Labute approximate surface area is 196 Å². The highest BCUT2D eigenvalue weighted by molar-refractivity contribution is 6.30. The number of fused-ring (bicyclic) bond motifs is 3. The molecule has 1 saturated heterocycles. The minimum atomic E-state index is -0.816. The van der Waals surface area contributed by atoms with E-state index in [-0.39, 0.29) is 29.2 Å². The number of aliphatic hydroxyl groups is 1. The van der Waals surface area contributed by atoms with E-state index in [1.54, 1.807) is 0 Å². The number of carbonyl (C=O) groups is 2. The van der Waals surface area contributed by atoms with Crippen LogP contribution in [0.3, 0.4) is 0 Å². The van der Waals surface area contributed by atoms with Gasteiger partial charge in [0.1, 0.15) is 11.6 Å². The standard InChI is InChI=1S/C23H28ClFN4O4/c24-16-2-1-15(10-17(16)25)33-13-20(31)28-23-6-4-22(5-7-23,11-19(23)30)29-21(32)18-9-14(12-26)3-8-27-18/h1-2,10,14,18-19,27,30H,3-9,11,13H2,(H,28,31)(H,29,32). The number of nitrogens with zero attached hydrogens (tertiary/aromatic N) is 1. The number of aliphatic hydroxyl groups excluding tert-OH is 1. The van der Waals surface area contributed by atoms with E-state index in [4.69, 9.17) is 21.6 Å². The molecule has 4 fully saturated rings. The molecule has 3 atom stereocenters. The van der Waals surface area contributed by atoms with Crippen LogP contribution in [-0.2, 0) is 9.59 Å². The number of hydrogen-bond donors (Lipinski definition) is 4. The largest absolute Gasteiger partial charge is 0.484 e. The first-order valence-corrected chi connectivity index (χ1v) is 11.6. The topological polar surface area (TPSA) is 123 Å². The quantitative estimate of drug-likeness (QED) is 0.494. The summed E-state index contributed by atoms with van der Waals surface area (Å²) in [5.41, 5.74) is -1.28. The van der Waals surface area contributed by atoms with Gasteiger partial charge in [0.25, 0.3) is 5.91 Å². The number of carbonyl (C=O) groups excluding carboxylic acids is 2. The molecule has 3 saturated carbocycles. The lowest BCUT2D eigenvalue weighted by atomic mass is 9.59. The van der Waals surface area contributed by atoms with Crippen LogP contribution in [0.1, 0.15) is 44.9 Å². The number of nitriles is 1. The molecule has 0 aromatic heterocycles. The molecule has 3 unspecified atom stereocenters. The van der Waals surface area contributed by atoms with Gasteiger partial charge in [-0.3, -0.25) is 9.59 Å². The van der Waals surface area contributed by atoms with Crippen molar-refractivity contribution in [2.75, 3.05) is 13.2 Å². The lowest BCUT2D eigenvalue weighted by Gasteiger charge is -2.56. The third-order valence-corrected chi connectivity index (χ3v) is 7.57. The predicted molar refractivity (Wildman–Crippen MR) is 118 cm³/mol. The van der Waals surface area contributed by atoms with Gasteiger partial charge >= 0.3 is 0 Å². The highest BCUT2D eigenvalue weighted by atomic mass is 35.5. The van der Waals surface area contributed by atoms with Gasteiger partial charge in [0.05, 0.1) is 28.8 Å². The fourth-order valence-electron chi connectivity index (χ4n) is 5.27. The van der Waals surface area contributed by atoms with E-state index in [9.17, 15) is 19.1 Å². The normalized spacial score (nSPS) is 33.1. The maximum atomic E-state index is 13.5. The van der Waals surface area contributed by atoms with Gasteiger partial charge in [0.15, 0.2) is 6.61 Å². The Kier molecular flexibility index (Phi) is 6.80. The van der Waals surface area contributed by atoms with Gasteiger partial charge < -0.3 is 25.8 Å². The summed E-state index contributed by atoms with van der Waals surface area (Å²) in [7, 11) is 0. The molecular weight excluding hydrogens is 451 g/mol. The summed E-state index contributed by atoms with van der Waals surface area (Å²) in [5, 5.41) is 29.3. The fourth-order valence-corrected chi connectivity index (χ4v) is 5.39. The van der Waals surface area contributed by atoms with Crippen molar-refractivity contribution in [2.24, 2.45) is 5.92 Å². The van der Waals surface area contributed by atoms with E-state index >= 15 is 0 Å². The van der Waals surface area contributed by atoms with Gasteiger partial charge in [-0.05, 0) is 63.6 Å². The second-order valence-electron chi connectivity index (χ2n) is 9.42. The Morgan fingerprint density at radius 2 is 2.06 bits per heavy atom. The average Bonchev–Trinajstić information content (AvgIpc) is 2.81. The van der Waals surface area contributed by atoms with Gasteiger partial charge in [-0.15, -0.1) is 0 Å². The predicted octanol–water partition coefficient (Wildman–Crippen LogP) is 1.80. The molecule has 178 valence electrons. The molecule has 5 rings (SSSR count). The van der Waals surface area contributed by atoms with E-state index in [1.165, 1.54) is 12.1 Å². The van der Waals surface area contributed by atoms with Gasteiger partial charge in [0.2, 0.25) is 5.91 Å². The average molecular weight is 479 g/mol. The summed E-state index contributed by atoms with van der Waals surface area (Å²) in [5.74, 6) is -1.11. The molecule has 10 heteroatoms. The second kappa shape index (κ2) is 9.45. The Balaban J connectivity index is 1.31.